The Balaban J connectivity index is 2.10. The van der Waals surface area contributed by atoms with E-state index in [4.69, 9.17) is 0 Å². The standard InChI is InChI=1S/C19H22BrN3O3S/c1-13-5-6-16(15(3)14(13)2)11-21-22-19(24)12-23(27(4,25)26)18-9-7-17(20)8-10-18/h5-11H,12H2,1-4H3,(H,22,24)/b21-11-. The van der Waals surface area contributed by atoms with Crippen molar-refractivity contribution in [1.82, 2.24) is 5.43 Å². The molecule has 0 unspecified atom stereocenters. The average molecular weight is 452 g/mol. The number of anilines is 1. The normalized spacial score (nSPS) is 11.6. The minimum atomic E-state index is -3.61. The Morgan fingerprint density at radius 2 is 1.74 bits per heavy atom. The summed E-state index contributed by atoms with van der Waals surface area (Å²) in [5.74, 6) is -0.527. The van der Waals surface area contributed by atoms with Gasteiger partial charge in [-0.2, -0.15) is 5.10 Å². The third kappa shape index (κ3) is 5.64. The minimum absolute atomic E-state index is 0.357. The van der Waals surface area contributed by atoms with Gasteiger partial charge in [-0.3, -0.25) is 9.10 Å². The molecule has 0 spiro atoms. The highest BCUT2D eigenvalue weighted by Crippen LogP contribution is 2.20. The highest BCUT2D eigenvalue weighted by molar-refractivity contribution is 9.10. The average Bonchev–Trinajstić information content (AvgIpc) is 2.60. The summed E-state index contributed by atoms with van der Waals surface area (Å²) in [6.07, 6.45) is 2.62. The van der Waals surface area contributed by atoms with Crippen molar-refractivity contribution in [2.75, 3.05) is 17.1 Å². The summed E-state index contributed by atoms with van der Waals surface area (Å²) >= 11 is 3.30. The van der Waals surface area contributed by atoms with Crippen molar-refractivity contribution in [3.8, 4) is 0 Å². The van der Waals surface area contributed by atoms with Gasteiger partial charge in [0.25, 0.3) is 5.91 Å². The third-order valence-corrected chi connectivity index (χ3v) is 5.96. The van der Waals surface area contributed by atoms with Gasteiger partial charge in [-0.25, -0.2) is 13.8 Å². The van der Waals surface area contributed by atoms with E-state index in [-0.39, 0.29) is 6.54 Å². The maximum atomic E-state index is 12.2. The molecular weight excluding hydrogens is 430 g/mol. The van der Waals surface area contributed by atoms with Gasteiger partial charge in [0.15, 0.2) is 0 Å². The van der Waals surface area contributed by atoms with E-state index in [1.807, 2.05) is 32.9 Å². The fourth-order valence-corrected chi connectivity index (χ4v) is 3.58. The molecule has 0 atom stereocenters. The number of benzene rings is 2. The number of sulfonamides is 1. The van der Waals surface area contributed by atoms with Crippen LogP contribution in [0.1, 0.15) is 22.3 Å². The molecule has 27 heavy (non-hydrogen) atoms. The van der Waals surface area contributed by atoms with E-state index in [2.05, 4.69) is 26.5 Å². The number of hydrogen-bond donors (Lipinski definition) is 1. The summed E-state index contributed by atoms with van der Waals surface area (Å²) in [7, 11) is -3.61. The number of hydrogen-bond acceptors (Lipinski definition) is 4. The van der Waals surface area contributed by atoms with Gasteiger partial charge < -0.3 is 0 Å². The first-order valence-electron chi connectivity index (χ1n) is 8.21. The second-order valence-electron chi connectivity index (χ2n) is 6.26. The monoisotopic (exact) mass is 451 g/mol. The lowest BCUT2D eigenvalue weighted by molar-refractivity contribution is -0.119. The van der Waals surface area contributed by atoms with Gasteiger partial charge in [0.2, 0.25) is 10.0 Å². The van der Waals surface area contributed by atoms with E-state index in [9.17, 15) is 13.2 Å². The smallest absolute Gasteiger partial charge is 0.260 e. The zero-order valence-electron chi connectivity index (χ0n) is 15.7. The molecule has 0 saturated carbocycles. The van der Waals surface area contributed by atoms with Gasteiger partial charge in [-0.1, -0.05) is 28.1 Å². The van der Waals surface area contributed by atoms with Crippen LogP contribution in [0.2, 0.25) is 0 Å². The summed E-state index contributed by atoms with van der Waals surface area (Å²) in [4.78, 5) is 12.2. The van der Waals surface area contributed by atoms with E-state index in [0.29, 0.717) is 5.69 Å². The topological polar surface area (TPSA) is 78.8 Å². The van der Waals surface area contributed by atoms with Crippen LogP contribution in [-0.2, 0) is 14.8 Å². The first kappa shape index (κ1) is 21.1. The van der Waals surface area contributed by atoms with E-state index in [0.717, 1.165) is 26.2 Å². The van der Waals surface area contributed by atoms with Crippen LogP contribution in [0.5, 0.6) is 0 Å². The van der Waals surface area contributed by atoms with Crippen molar-refractivity contribution in [2.24, 2.45) is 5.10 Å². The Morgan fingerprint density at radius 3 is 2.33 bits per heavy atom. The molecular formula is C19H22BrN3O3S. The van der Waals surface area contributed by atoms with E-state index < -0.39 is 15.9 Å². The number of rotatable bonds is 6. The van der Waals surface area contributed by atoms with Gasteiger partial charge in [0.05, 0.1) is 18.2 Å². The number of carbonyl (C=O) groups excluding carboxylic acids is 1. The Labute approximate surface area is 168 Å². The zero-order chi connectivity index (χ0) is 20.2. The maximum absolute atomic E-state index is 12.2. The molecule has 144 valence electrons. The van der Waals surface area contributed by atoms with Gasteiger partial charge in [0, 0.05) is 4.47 Å². The second-order valence-corrected chi connectivity index (χ2v) is 9.08. The Kier molecular flexibility index (Phi) is 6.78. The molecule has 0 aromatic heterocycles. The lowest BCUT2D eigenvalue weighted by atomic mass is 10.00. The minimum Gasteiger partial charge on any atom is -0.271 e. The van der Waals surface area contributed by atoms with Crippen molar-refractivity contribution >= 4 is 43.8 Å². The third-order valence-electron chi connectivity index (χ3n) is 4.29. The van der Waals surface area contributed by atoms with Crippen molar-refractivity contribution in [3.63, 3.8) is 0 Å². The molecule has 2 aromatic carbocycles. The Hall–Kier alpha value is -2.19. The lowest BCUT2D eigenvalue weighted by Gasteiger charge is -2.21. The number of hydrazone groups is 1. The van der Waals surface area contributed by atoms with Crippen LogP contribution in [-0.4, -0.2) is 33.3 Å². The molecule has 0 aliphatic carbocycles. The molecule has 8 heteroatoms. The highest BCUT2D eigenvalue weighted by Gasteiger charge is 2.20. The van der Waals surface area contributed by atoms with Gasteiger partial charge in [-0.15, -0.1) is 0 Å². The molecule has 0 bridgehead atoms. The summed E-state index contributed by atoms with van der Waals surface area (Å²) < 4.78 is 26.0. The van der Waals surface area contributed by atoms with Gasteiger partial charge in [0.1, 0.15) is 6.54 Å². The summed E-state index contributed by atoms with van der Waals surface area (Å²) in [6.45, 7) is 5.70. The lowest BCUT2D eigenvalue weighted by Crippen LogP contribution is -2.39. The van der Waals surface area contributed by atoms with Crippen molar-refractivity contribution in [1.29, 1.82) is 0 Å². The Morgan fingerprint density at radius 1 is 1.11 bits per heavy atom. The number of carbonyl (C=O) groups is 1. The molecule has 0 heterocycles. The summed E-state index contributed by atoms with van der Waals surface area (Å²) in [5, 5.41) is 3.96. The van der Waals surface area contributed by atoms with Gasteiger partial charge >= 0.3 is 0 Å². The van der Waals surface area contributed by atoms with E-state index in [1.165, 1.54) is 11.1 Å². The van der Waals surface area contributed by atoms with Crippen LogP contribution < -0.4 is 9.73 Å². The number of amides is 1. The highest BCUT2D eigenvalue weighted by atomic mass is 79.9. The number of aryl methyl sites for hydroxylation is 1. The van der Waals surface area contributed by atoms with Crippen LogP contribution in [0.25, 0.3) is 0 Å². The number of nitrogens with zero attached hydrogens (tertiary/aromatic N) is 2. The number of halogens is 1. The SMILES string of the molecule is Cc1ccc(/C=N\NC(=O)CN(c2ccc(Br)cc2)S(C)(=O)=O)c(C)c1C. The molecule has 2 aromatic rings. The second kappa shape index (κ2) is 8.67. The first-order valence-corrected chi connectivity index (χ1v) is 10.9. The maximum Gasteiger partial charge on any atom is 0.260 e. The first-order chi connectivity index (χ1) is 12.6. The molecule has 0 aliphatic heterocycles. The molecule has 1 amide bonds. The molecule has 0 radical (unpaired) electrons. The van der Waals surface area contributed by atoms with Crippen LogP contribution in [0, 0.1) is 20.8 Å². The van der Waals surface area contributed by atoms with E-state index in [1.54, 1.807) is 30.5 Å². The molecule has 0 fully saturated rings. The number of nitrogens with one attached hydrogen (secondary N) is 1. The van der Waals surface area contributed by atoms with Gasteiger partial charge in [-0.05, 0) is 67.3 Å². The van der Waals surface area contributed by atoms with Crippen molar-refractivity contribution in [3.05, 3.63) is 63.1 Å². The molecule has 2 rings (SSSR count). The van der Waals surface area contributed by atoms with Crippen LogP contribution in [0.3, 0.4) is 0 Å². The Bertz CT molecular complexity index is 970. The van der Waals surface area contributed by atoms with Crippen LogP contribution in [0.15, 0.2) is 46.0 Å². The zero-order valence-corrected chi connectivity index (χ0v) is 18.1. The summed E-state index contributed by atoms with van der Waals surface area (Å²) in [5.41, 5.74) is 7.13. The fourth-order valence-electron chi connectivity index (χ4n) is 2.46. The van der Waals surface area contributed by atoms with Crippen molar-refractivity contribution < 1.29 is 13.2 Å². The van der Waals surface area contributed by atoms with Crippen LogP contribution >= 0.6 is 15.9 Å². The van der Waals surface area contributed by atoms with Crippen LogP contribution in [0.4, 0.5) is 5.69 Å². The quantitative estimate of drug-likeness (QED) is 0.540. The van der Waals surface area contributed by atoms with E-state index >= 15 is 0 Å². The molecule has 0 aliphatic rings. The predicted octanol–water partition coefficient (Wildman–Crippen LogP) is 3.29. The van der Waals surface area contributed by atoms with Crippen molar-refractivity contribution in [2.45, 2.75) is 20.8 Å². The molecule has 1 N–H and O–H groups in total. The summed E-state index contributed by atoms with van der Waals surface area (Å²) in [6, 6.07) is 10.6. The molecule has 6 nitrogen and oxygen atoms in total. The molecule has 0 saturated heterocycles. The predicted molar refractivity (Wildman–Crippen MR) is 113 cm³/mol. The largest absolute Gasteiger partial charge is 0.271 e. The fraction of sp³-hybridized carbons (Fsp3) is 0.263.